The van der Waals surface area contributed by atoms with Crippen LogP contribution in [0, 0.1) is 13.0 Å². The molecule has 6 nitrogen and oxygen atoms in total. The third-order valence-electron chi connectivity index (χ3n) is 3.18. The zero-order valence-corrected chi connectivity index (χ0v) is 14.4. The van der Waals surface area contributed by atoms with Crippen molar-refractivity contribution < 1.29 is 25.9 Å². The molecule has 0 saturated heterocycles. The average molecular weight is 450 g/mol. The topological polar surface area (TPSA) is 72.7 Å². The first kappa shape index (κ1) is 15.3. The molecule has 0 saturated carbocycles. The van der Waals surface area contributed by atoms with Gasteiger partial charge in [-0.1, -0.05) is 12.3 Å². The fourth-order valence-electron chi connectivity index (χ4n) is 2.04. The Morgan fingerprint density at radius 1 is 1.43 bits per heavy atom. The molecule has 0 aliphatic carbocycles. The van der Waals surface area contributed by atoms with E-state index in [1.54, 1.807) is 25.5 Å². The summed E-state index contributed by atoms with van der Waals surface area (Å²) in [5, 5.41) is 8.48. The first-order valence-electron chi connectivity index (χ1n) is 6.07. The minimum absolute atomic E-state index is 0. The standard InChI is InChI=1S/C14H12N5O.W/c1-9-11(4-3-10-5-6-15-7-12(9)10)13(20)18-14-16-8-17-19(14)2;/h4-8H,1-2H3,(H,16,17,18,20);/q-1;. The number of anilines is 1. The van der Waals surface area contributed by atoms with Crippen molar-refractivity contribution in [3.63, 3.8) is 0 Å². The number of nitrogens with zero attached hydrogens (tertiary/aromatic N) is 4. The van der Waals surface area contributed by atoms with Crippen LogP contribution in [-0.2, 0) is 28.1 Å². The summed E-state index contributed by atoms with van der Waals surface area (Å²) in [4.78, 5) is 20.4. The van der Waals surface area contributed by atoms with Crippen LogP contribution < -0.4 is 5.32 Å². The number of pyridine rings is 1. The van der Waals surface area contributed by atoms with Gasteiger partial charge in [-0.25, -0.2) is 4.68 Å². The van der Waals surface area contributed by atoms with E-state index in [0.29, 0.717) is 11.5 Å². The third-order valence-corrected chi connectivity index (χ3v) is 3.18. The maximum Gasteiger partial charge on any atom is 0.227 e. The summed E-state index contributed by atoms with van der Waals surface area (Å²) in [5.41, 5.74) is 1.42. The number of carbonyl (C=O) groups excluding carboxylic acids is 1. The van der Waals surface area contributed by atoms with Gasteiger partial charge in [0.05, 0.1) is 0 Å². The first-order valence-corrected chi connectivity index (χ1v) is 6.07. The van der Waals surface area contributed by atoms with Crippen LogP contribution in [0.1, 0.15) is 15.9 Å². The largest absolute Gasteiger partial charge is 0.299 e. The van der Waals surface area contributed by atoms with Gasteiger partial charge in [0.1, 0.15) is 6.33 Å². The van der Waals surface area contributed by atoms with Gasteiger partial charge >= 0.3 is 0 Å². The van der Waals surface area contributed by atoms with E-state index >= 15 is 0 Å². The van der Waals surface area contributed by atoms with Gasteiger partial charge in [-0.05, 0) is 18.0 Å². The maximum atomic E-state index is 12.3. The summed E-state index contributed by atoms with van der Waals surface area (Å²) >= 11 is 0. The Bertz CT molecular complexity index is 799. The molecule has 106 valence electrons. The van der Waals surface area contributed by atoms with Crippen LogP contribution in [0.5, 0.6) is 0 Å². The molecular formula is C14H12N5OW-. The van der Waals surface area contributed by atoms with E-state index in [9.17, 15) is 4.79 Å². The van der Waals surface area contributed by atoms with Crippen molar-refractivity contribution in [1.29, 1.82) is 0 Å². The van der Waals surface area contributed by atoms with Gasteiger partial charge in [0.15, 0.2) is 0 Å². The molecule has 1 N–H and O–H groups in total. The van der Waals surface area contributed by atoms with E-state index in [0.717, 1.165) is 16.3 Å². The number of fused-ring (bicyclic) bond motifs is 1. The fourth-order valence-corrected chi connectivity index (χ4v) is 2.04. The van der Waals surface area contributed by atoms with Gasteiger partial charge in [-0.15, -0.1) is 29.1 Å². The zero-order chi connectivity index (χ0) is 14.1. The number of hydrogen-bond donors (Lipinski definition) is 1. The Morgan fingerprint density at radius 3 is 2.95 bits per heavy atom. The molecule has 21 heavy (non-hydrogen) atoms. The summed E-state index contributed by atoms with van der Waals surface area (Å²) < 4.78 is 1.50. The predicted molar refractivity (Wildman–Crippen MR) is 74.3 cm³/mol. The molecule has 1 aromatic carbocycles. The van der Waals surface area contributed by atoms with Gasteiger partial charge in [0, 0.05) is 28.1 Å². The number of amides is 1. The van der Waals surface area contributed by atoms with Crippen LogP contribution in [0.2, 0.25) is 0 Å². The van der Waals surface area contributed by atoms with Gasteiger partial charge in [-0.2, -0.15) is 10.1 Å². The quantitative estimate of drug-likeness (QED) is 0.604. The molecule has 0 unspecified atom stereocenters. The molecular weight excluding hydrogens is 438 g/mol. The van der Waals surface area contributed by atoms with E-state index in [1.165, 1.54) is 11.0 Å². The molecule has 0 atom stereocenters. The number of hydrogen-bond acceptors (Lipinski definition) is 4. The molecule has 0 bridgehead atoms. The maximum absolute atomic E-state index is 12.3. The van der Waals surface area contributed by atoms with Crippen LogP contribution in [0.3, 0.4) is 0 Å². The minimum atomic E-state index is -0.236. The summed E-state index contributed by atoms with van der Waals surface area (Å²) in [6.07, 6.45) is 4.83. The summed E-state index contributed by atoms with van der Waals surface area (Å²) in [6.45, 7) is 1.89. The van der Waals surface area contributed by atoms with Crippen molar-refractivity contribution in [2.75, 3.05) is 5.32 Å². The Labute approximate surface area is 135 Å². The van der Waals surface area contributed by atoms with E-state index < -0.39 is 0 Å². The molecule has 2 aromatic heterocycles. The average Bonchev–Trinajstić information content (AvgIpc) is 2.85. The minimum Gasteiger partial charge on any atom is -0.299 e. The van der Waals surface area contributed by atoms with Crippen LogP contribution in [-0.4, -0.2) is 25.7 Å². The Hall–Kier alpha value is -2.07. The van der Waals surface area contributed by atoms with Crippen LogP contribution in [0.4, 0.5) is 5.95 Å². The SMILES string of the molecule is Cc1c(C(=O)Nc2ncnn2C)c[c-]c2ccncc12.[W]. The number of nitrogens with one attached hydrogen (secondary N) is 1. The Balaban J connectivity index is 0.00000161. The first-order chi connectivity index (χ1) is 9.66. The normalized spacial score (nSPS) is 10.2. The molecule has 3 rings (SSSR count). The summed E-state index contributed by atoms with van der Waals surface area (Å²) in [5.74, 6) is 0.168. The fraction of sp³-hybridized carbons (Fsp3) is 0.143. The van der Waals surface area contributed by atoms with Crippen molar-refractivity contribution in [2.45, 2.75) is 6.92 Å². The molecule has 0 radical (unpaired) electrons. The molecule has 0 spiro atoms. The van der Waals surface area contributed by atoms with Crippen molar-refractivity contribution >= 4 is 22.6 Å². The van der Waals surface area contributed by atoms with E-state index in [1.807, 2.05) is 13.0 Å². The molecule has 0 aliphatic heterocycles. The molecule has 1 amide bonds. The Kier molecular flexibility index (Phi) is 4.48. The number of carbonyl (C=O) groups is 1. The molecule has 2 heterocycles. The molecule has 7 heteroatoms. The summed E-state index contributed by atoms with van der Waals surface area (Å²) in [6, 6.07) is 6.64. The zero-order valence-electron chi connectivity index (χ0n) is 11.5. The van der Waals surface area contributed by atoms with Gasteiger partial charge in [-0.3, -0.25) is 15.1 Å². The van der Waals surface area contributed by atoms with E-state index in [2.05, 4.69) is 26.4 Å². The second-order valence-corrected chi connectivity index (χ2v) is 4.41. The number of benzene rings is 1. The predicted octanol–water partition coefficient (Wildman–Crippen LogP) is 1.72. The Morgan fingerprint density at radius 2 is 2.24 bits per heavy atom. The van der Waals surface area contributed by atoms with E-state index in [4.69, 9.17) is 0 Å². The molecule has 0 aliphatic rings. The second kappa shape index (κ2) is 6.14. The summed E-state index contributed by atoms with van der Waals surface area (Å²) in [7, 11) is 1.71. The number of aryl methyl sites for hydroxylation is 2. The molecule has 0 fully saturated rings. The van der Waals surface area contributed by atoms with Crippen molar-refractivity contribution in [1.82, 2.24) is 19.7 Å². The number of aromatic nitrogens is 4. The van der Waals surface area contributed by atoms with Crippen LogP contribution in [0.15, 0.2) is 30.9 Å². The van der Waals surface area contributed by atoms with Gasteiger partial charge in [0.25, 0.3) is 0 Å². The number of rotatable bonds is 2. The second-order valence-electron chi connectivity index (χ2n) is 4.41. The van der Waals surface area contributed by atoms with Crippen LogP contribution >= 0.6 is 0 Å². The third kappa shape index (κ3) is 2.85. The van der Waals surface area contributed by atoms with Gasteiger partial charge < -0.3 is 0 Å². The van der Waals surface area contributed by atoms with Crippen molar-refractivity contribution in [2.24, 2.45) is 7.05 Å². The van der Waals surface area contributed by atoms with E-state index in [-0.39, 0.29) is 27.0 Å². The monoisotopic (exact) mass is 450 g/mol. The van der Waals surface area contributed by atoms with Crippen LogP contribution in [0.25, 0.3) is 10.8 Å². The van der Waals surface area contributed by atoms with Crippen molar-refractivity contribution in [3.8, 4) is 0 Å². The van der Waals surface area contributed by atoms with Gasteiger partial charge in [0.2, 0.25) is 11.9 Å². The van der Waals surface area contributed by atoms with Crippen molar-refractivity contribution in [3.05, 3.63) is 48.0 Å². The smallest absolute Gasteiger partial charge is 0.227 e. The molecule has 3 aromatic rings.